The maximum Gasteiger partial charge on any atom is 0.204 e. The maximum atomic E-state index is 11.8. The lowest BCUT2D eigenvalue weighted by Gasteiger charge is -1.96. The van der Waals surface area contributed by atoms with E-state index in [1.54, 1.807) is 24.3 Å². The molecule has 0 saturated carbocycles. The highest BCUT2D eigenvalue weighted by atomic mass is 35.5. The van der Waals surface area contributed by atoms with Gasteiger partial charge in [0.2, 0.25) is 5.78 Å². The third-order valence-corrected chi connectivity index (χ3v) is 3.24. The minimum atomic E-state index is -0.0870. The summed E-state index contributed by atoms with van der Waals surface area (Å²) in [6.45, 7) is 0. The molecule has 0 aromatic carbocycles. The fourth-order valence-electron chi connectivity index (χ4n) is 1.09. The number of hydrogen-bond acceptors (Lipinski definition) is 3. The molecule has 2 aromatic heterocycles. The number of hydrogen-bond donors (Lipinski definition) is 0. The number of aromatic nitrogens is 1. The molecule has 0 atom stereocenters. The molecule has 0 aliphatic rings. The Labute approximate surface area is 100 Å². The topological polar surface area (TPSA) is 30.0 Å². The van der Waals surface area contributed by atoms with Crippen LogP contribution < -0.4 is 0 Å². The quantitative estimate of drug-likeness (QED) is 0.607. The molecule has 0 amide bonds. The molecule has 0 saturated heterocycles. The van der Waals surface area contributed by atoms with Gasteiger partial charge in [-0.1, -0.05) is 23.2 Å². The van der Waals surface area contributed by atoms with Crippen LogP contribution in [0, 0.1) is 0 Å². The summed E-state index contributed by atoms with van der Waals surface area (Å²) in [5, 5.41) is 0.371. The van der Waals surface area contributed by atoms with Crippen molar-refractivity contribution in [2.45, 2.75) is 0 Å². The van der Waals surface area contributed by atoms with Gasteiger partial charge in [-0.2, -0.15) is 0 Å². The highest BCUT2D eigenvalue weighted by Gasteiger charge is 2.11. The van der Waals surface area contributed by atoms with E-state index in [2.05, 4.69) is 4.98 Å². The Kier molecular flexibility index (Phi) is 3.05. The lowest BCUT2D eigenvalue weighted by molar-refractivity contribution is 0.104. The zero-order valence-corrected chi connectivity index (χ0v) is 9.73. The molecule has 0 aliphatic carbocycles. The molecule has 0 spiro atoms. The van der Waals surface area contributed by atoms with Gasteiger partial charge in [-0.05, 0) is 24.3 Å². The average Bonchev–Trinajstić information content (AvgIpc) is 2.65. The van der Waals surface area contributed by atoms with Gasteiger partial charge >= 0.3 is 0 Å². The molecule has 2 nitrogen and oxygen atoms in total. The van der Waals surface area contributed by atoms with E-state index < -0.39 is 0 Å². The van der Waals surface area contributed by atoms with Gasteiger partial charge in [0.15, 0.2) is 0 Å². The molecular formula is C10H5Cl2NOS. The van der Waals surface area contributed by atoms with E-state index in [0.717, 1.165) is 0 Å². The van der Waals surface area contributed by atoms with Gasteiger partial charge in [-0.25, -0.2) is 4.98 Å². The van der Waals surface area contributed by atoms with Gasteiger partial charge in [-0.15, -0.1) is 11.3 Å². The molecular weight excluding hydrogens is 253 g/mol. The number of thiophene rings is 1. The average molecular weight is 258 g/mol. The van der Waals surface area contributed by atoms with Crippen molar-refractivity contribution in [3.05, 3.63) is 50.4 Å². The fourth-order valence-corrected chi connectivity index (χ4v) is 2.21. The third-order valence-electron chi connectivity index (χ3n) is 1.79. The summed E-state index contributed by atoms with van der Waals surface area (Å²) < 4.78 is 0.597. The number of carbonyl (C=O) groups is 1. The zero-order chi connectivity index (χ0) is 10.8. The van der Waals surface area contributed by atoms with Crippen molar-refractivity contribution < 1.29 is 4.79 Å². The summed E-state index contributed by atoms with van der Waals surface area (Å²) in [7, 11) is 0. The first kappa shape index (κ1) is 10.6. The summed E-state index contributed by atoms with van der Waals surface area (Å²) in [6.07, 6.45) is 1.46. The molecule has 15 heavy (non-hydrogen) atoms. The molecule has 2 aromatic rings. The Hall–Kier alpha value is -0.900. The van der Waals surface area contributed by atoms with Gasteiger partial charge in [0.25, 0.3) is 0 Å². The van der Waals surface area contributed by atoms with Crippen LogP contribution in [0.1, 0.15) is 15.2 Å². The van der Waals surface area contributed by atoms with E-state index in [0.29, 0.717) is 19.9 Å². The Bertz CT molecular complexity index is 492. The van der Waals surface area contributed by atoms with Crippen molar-refractivity contribution in [2.24, 2.45) is 0 Å². The van der Waals surface area contributed by atoms with Gasteiger partial charge < -0.3 is 0 Å². The third kappa shape index (κ3) is 2.37. The second-order valence-corrected chi connectivity index (χ2v) is 4.90. The summed E-state index contributed by atoms with van der Waals surface area (Å²) in [4.78, 5) is 16.3. The van der Waals surface area contributed by atoms with Gasteiger partial charge in [-0.3, -0.25) is 4.79 Å². The molecule has 2 rings (SSSR count). The van der Waals surface area contributed by atoms with Crippen LogP contribution in [0.5, 0.6) is 0 Å². The molecule has 0 unspecified atom stereocenters. The predicted octanol–water partition coefficient (Wildman–Crippen LogP) is 3.68. The van der Waals surface area contributed by atoms with E-state index >= 15 is 0 Å². The van der Waals surface area contributed by atoms with Crippen LogP contribution >= 0.6 is 34.5 Å². The highest BCUT2D eigenvalue weighted by molar-refractivity contribution is 7.18. The minimum absolute atomic E-state index is 0.0870. The molecule has 0 bridgehead atoms. The fraction of sp³-hybridized carbons (Fsp3) is 0. The maximum absolute atomic E-state index is 11.8. The van der Waals surface area contributed by atoms with Gasteiger partial charge in [0.1, 0.15) is 5.15 Å². The lowest BCUT2D eigenvalue weighted by Crippen LogP contribution is -1.98. The Morgan fingerprint density at radius 2 is 2.00 bits per heavy atom. The Morgan fingerprint density at radius 1 is 1.20 bits per heavy atom. The van der Waals surface area contributed by atoms with Crippen LogP contribution in [0.2, 0.25) is 9.49 Å². The highest BCUT2D eigenvalue weighted by Crippen LogP contribution is 2.23. The van der Waals surface area contributed by atoms with Crippen LogP contribution in [0.4, 0.5) is 0 Å². The second kappa shape index (κ2) is 4.31. The first-order valence-electron chi connectivity index (χ1n) is 4.08. The van der Waals surface area contributed by atoms with Crippen LogP contribution in [0.15, 0.2) is 30.5 Å². The summed E-state index contributed by atoms with van der Waals surface area (Å²) in [5.41, 5.74) is 0.512. The first-order valence-corrected chi connectivity index (χ1v) is 5.65. The van der Waals surface area contributed by atoms with Crippen LogP contribution in [0.25, 0.3) is 0 Å². The Morgan fingerprint density at radius 3 is 2.53 bits per heavy atom. The van der Waals surface area contributed by atoms with E-state index in [1.165, 1.54) is 17.5 Å². The van der Waals surface area contributed by atoms with Crippen molar-refractivity contribution in [3.8, 4) is 0 Å². The van der Waals surface area contributed by atoms with Crippen molar-refractivity contribution in [1.82, 2.24) is 4.98 Å². The Balaban J connectivity index is 2.32. The van der Waals surface area contributed by atoms with Crippen molar-refractivity contribution in [3.63, 3.8) is 0 Å². The van der Waals surface area contributed by atoms with E-state index in [9.17, 15) is 4.79 Å². The first-order chi connectivity index (χ1) is 7.16. The molecule has 2 heterocycles. The largest absolute Gasteiger partial charge is 0.288 e. The molecule has 0 radical (unpaired) electrons. The smallest absolute Gasteiger partial charge is 0.204 e. The number of halogens is 2. The zero-order valence-electron chi connectivity index (χ0n) is 7.41. The number of pyridine rings is 1. The van der Waals surface area contributed by atoms with Crippen LogP contribution in [0.3, 0.4) is 0 Å². The van der Waals surface area contributed by atoms with E-state index in [1.807, 2.05) is 0 Å². The lowest BCUT2D eigenvalue weighted by atomic mass is 10.2. The molecule has 0 fully saturated rings. The van der Waals surface area contributed by atoms with E-state index in [-0.39, 0.29) is 5.78 Å². The number of rotatable bonds is 2. The number of ketones is 1. The monoisotopic (exact) mass is 257 g/mol. The molecule has 0 aliphatic heterocycles. The summed E-state index contributed by atoms with van der Waals surface area (Å²) in [5.74, 6) is -0.0870. The van der Waals surface area contributed by atoms with E-state index in [4.69, 9.17) is 23.2 Å². The second-order valence-electron chi connectivity index (χ2n) is 2.80. The van der Waals surface area contributed by atoms with Crippen LogP contribution in [-0.4, -0.2) is 10.8 Å². The van der Waals surface area contributed by atoms with Crippen molar-refractivity contribution in [1.29, 1.82) is 0 Å². The van der Waals surface area contributed by atoms with Crippen molar-refractivity contribution in [2.75, 3.05) is 0 Å². The predicted molar refractivity (Wildman–Crippen MR) is 62.0 cm³/mol. The minimum Gasteiger partial charge on any atom is -0.288 e. The van der Waals surface area contributed by atoms with Gasteiger partial charge in [0.05, 0.1) is 9.21 Å². The summed E-state index contributed by atoms with van der Waals surface area (Å²) >= 11 is 12.6. The van der Waals surface area contributed by atoms with Crippen LogP contribution in [-0.2, 0) is 0 Å². The number of carbonyl (C=O) groups excluding carboxylic acids is 1. The summed E-state index contributed by atoms with van der Waals surface area (Å²) in [6, 6.07) is 6.63. The van der Waals surface area contributed by atoms with Gasteiger partial charge in [0, 0.05) is 11.8 Å². The molecule has 76 valence electrons. The van der Waals surface area contributed by atoms with Crippen molar-refractivity contribution >= 4 is 40.3 Å². The number of nitrogens with zero attached hydrogens (tertiary/aromatic N) is 1. The standard InChI is InChI=1S/C10H5Cl2NOS/c11-8-3-1-6(5-13-8)10(14)7-2-4-9(12)15-7/h1-5H. The SMILES string of the molecule is O=C(c1ccc(Cl)nc1)c1ccc(Cl)s1. The molecule has 5 heteroatoms. The molecule has 0 N–H and O–H groups in total. The normalized spacial score (nSPS) is 10.3.